The second-order valence-corrected chi connectivity index (χ2v) is 6.13. The van der Waals surface area contributed by atoms with Crippen molar-refractivity contribution in [3.05, 3.63) is 65.2 Å². The van der Waals surface area contributed by atoms with Crippen molar-refractivity contribution < 1.29 is 18.4 Å². The van der Waals surface area contributed by atoms with Crippen LogP contribution in [-0.4, -0.2) is 24.4 Å². The minimum Gasteiger partial charge on any atom is -0.366 e. The Hall–Kier alpha value is -2.80. The summed E-state index contributed by atoms with van der Waals surface area (Å²) in [7, 11) is 0. The van der Waals surface area contributed by atoms with Crippen molar-refractivity contribution in [1.29, 1.82) is 0 Å². The van der Waals surface area contributed by atoms with Crippen LogP contribution in [0.3, 0.4) is 0 Å². The van der Waals surface area contributed by atoms with Gasteiger partial charge in [0.15, 0.2) is 0 Å². The van der Waals surface area contributed by atoms with Gasteiger partial charge in [-0.1, -0.05) is 13.0 Å². The summed E-state index contributed by atoms with van der Waals surface area (Å²) >= 11 is 0. The zero-order chi connectivity index (χ0) is 19.3. The minimum absolute atomic E-state index is 0.235. The summed E-state index contributed by atoms with van der Waals surface area (Å²) in [5.41, 5.74) is 6.43. The first-order chi connectivity index (χ1) is 12.3. The van der Waals surface area contributed by atoms with Crippen molar-refractivity contribution in [3.8, 4) is 0 Å². The third-order valence-electron chi connectivity index (χ3n) is 4.05. The van der Waals surface area contributed by atoms with Gasteiger partial charge in [-0.05, 0) is 48.7 Å². The van der Waals surface area contributed by atoms with E-state index < -0.39 is 23.6 Å². The number of carbonyl (C=O) groups excluding carboxylic acids is 2. The van der Waals surface area contributed by atoms with E-state index in [1.165, 1.54) is 24.3 Å². The van der Waals surface area contributed by atoms with E-state index in [1.54, 1.807) is 26.0 Å². The molecule has 0 aromatic heterocycles. The first kappa shape index (κ1) is 19.5. The second kappa shape index (κ2) is 8.53. The van der Waals surface area contributed by atoms with Crippen LogP contribution < -0.4 is 16.4 Å². The molecule has 2 amide bonds. The Kier molecular flexibility index (Phi) is 6.41. The van der Waals surface area contributed by atoms with Gasteiger partial charge in [0, 0.05) is 23.9 Å². The molecular formula is C19H21F2N3O2. The van der Waals surface area contributed by atoms with Gasteiger partial charge in [-0.15, -0.1) is 0 Å². The van der Waals surface area contributed by atoms with Gasteiger partial charge in [0.25, 0.3) is 0 Å². The normalized spacial score (nSPS) is 13.1. The number of primary amides is 1. The summed E-state index contributed by atoms with van der Waals surface area (Å²) in [6, 6.07) is 9.14. The highest BCUT2D eigenvalue weighted by molar-refractivity contribution is 5.96. The first-order valence-electron chi connectivity index (χ1n) is 8.17. The van der Waals surface area contributed by atoms with Crippen LogP contribution in [-0.2, 0) is 4.79 Å². The highest BCUT2D eigenvalue weighted by atomic mass is 19.1. The average molecular weight is 361 g/mol. The predicted molar refractivity (Wildman–Crippen MR) is 95.8 cm³/mol. The Labute approximate surface area is 150 Å². The van der Waals surface area contributed by atoms with Crippen LogP contribution >= 0.6 is 0 Å². The van der Waals surface area contributed by atoms with Crippen molar-refractivity contribution in [1.82, 2.24) is 5.32 Å². The number of benzene rings is 2. The Balaban J connectivity index is 1.89. The highest BCUT2D eigenvalue weighted by Crippen LogP contribution is 2.19. The summed E-state index contributed by atoms with van der Waals surface area (Å²) in [4.78, 5) is 23.2. The van der Waals surface area contributed by atoms with Crippen molar-refractivity contribution in [2.75, 3.05) is 11.9 Å². The molecule has 2 atom stereocenters. The smallest absolute Gasteiger partial charge is 0.248 e. The monoisotopic (exact) mass is 361 g/mol. The van der Waals surface area contributed by atoms with E-state index in [-0.39, 0.29) is 11.8 Å². The van der Waals surface area contributed by atoms with Gasteiger partial charge in [0.05, 0.1) is 6.04 Å². The molecule has 0 saturated heterocycles. The molecule has 2 aromatic carbocycles. The highest BCUT2D eigenvalue weighted by Gasteiger charge is 2.16. The van der Waals surface area contributed by atoms with Crippen LogP contribution in [0.2, 0.25) is 0 Å². The van der Waals surface area contributed by atoms with Crippen LogP contribution in [0, 0.1) is 11.6 Å². The number of carbonyl (C=O) groups is 2. The SMILES string of the molecule is CC(NCC(C)c1ccc(F)cc1F)C(=O)Nc1ccc(C(N)=O)cc1. The largest absolute Gasteiger partial charge is 0.366 e. The molecule has 0 aliphatic carbocycles. The van der Waals surface area contributed by atoms with E-state index in [0.29, 0.717) is 23.4 Å². The minimum atomic E-state index is -0.624. The molecule has 2 aromatic rings. The third kappa shape index (κ3) is 5.10. The molecule has 2 unspecified atom stereocenters. The van der Waals surface area contributed by atoms with E-state index in [2.05, 4.69) is 10.6 Å². The van der Waals surface area contributed by atoms with E-state index in [0.717, 1.165) is 6.07 Å². The van der Waals surface area contributed by atoms with Gasteiger partial charge >= 0.3 is 0 Å². The molecule has 26 heavy (non-hydrogen) atoms. The molecule has 0 aliphatic rings. The summed E-state index contributed by atoms with van der Waals surface area (Å²) in [6.45, 7) is 3.81. The maximum Gasteiger partial charge on any atom is 0.248 e. The quantitative estimate of drug-likeness (QED) is 0.709. The predicted octanol–water partition coefficient (Wildman–Crippen LogP) is 2.78. The van der Waals surface area contributed by atoms with Crippen molar-refractivity contribution in [3.63, 3.8) is 0 Å². The molecule has 2 rings (SSSR count). The number of amides is 2. The Bertz CT molecular complexity index is 794. The van der Waals surface area contributed by atoms with Crippen molar-refractivity contribution in [2.24, 2.45) is 5.73 Å². The molecular weight excluding hydrogens is 340 g/mol. The number of anilines is 1. The molecule has 5 nitrogen and oxygen atoms in total. The van der Waals surface area contributed by atoms with Gasteiger partial charge in [-0.2, -0.15) is 0 Å². The van der Waals surface area contributed by atoms with Crippen LogP contribution in [0.15, 0.2) is 42.5 Å². The maximum atomic E-state index is 13.8. The molecule has 0 aliphatic heterocycles. The summed E-state index contributed by atoms with van der Waals surface area (Å²) < 4.78 is 26.8. The topological polar surface area (TPSA) is 84.2 Å². The van der Waals surface area contributed by atoms with Crippen molar-refractivity contribution >= 4 is 17.5 Å². The van der Waals surface area contributed by atoms with Crippen molar-refractivity contribution in [2.45, 2.75) is 25.8 Å². The zero-order valence-electron chi connectivity index (χ0n) is 14.6. The van der Waals surface area contributed by atoms with Crippen LogP contribution in [0.1, 0.15) is 35.7 Å². The molecule has 0 bridgehead atoms. The fraction of sp³-hybridized carbons (Fsp3) is 0.263. The fourth-order valence-corrected chi connectivity index (χ4v) is 2.43. The molecule has 0 heterocycles. The van der Waals surface area contributed by atoms with Gasteiger partial charge in [-0.3, -0.25) is 9.59 Å². The van der Waals surface area contributed by atoms with E-state index in [4.69, 9.17) is 5.73 Å². The number of nitrogens with one attached hydrogen (secondary N) is 2. The van der Waals surface area contributed by atoms with Gasteiger partial charge in [0.1, 0.15) is 11.6 Å². The average Bonchev–Trinajstić information content (AvgIpc) is 2.59. The number of rotatable bonds is 7. The van der Waals surface area contributed by atoms with Crippen LogP contribution in [0.5, 0.6) is 0 Å². The number of nitrogens with two attached hydrogens (primary N) is 1. The van der Waals surface area contributed by atoms with E-state index in [1.807, 2.05) is 0 Å². The number of halogens is 2. The lowest BCUT2D eigenvalue weighted by atomic mass is 10.00. The molecule has 0 radical (unpaired) electrons. The first-order valence-corrected chi connectivity index (χ1v) is 8.17. The second-order valence-electron chi connectivity index (χ2n) is 6.13. The molecule has 7 heteroatoms. The zero-order valence-corrected chi connectivity index (χ0v) is 14.6. The Morgan fingerprint density at radius 2 is 1.73 bits per heavy atom. The number of hydrogen-bond donors (Lipinski definition) is 3. The molecule has 0 spiro atoms. The lowest BCUT2D eigenvalue weighted by Gasteiger charge is -2.18. The lowest BCUT2D eigenvalue weighted by Crippen LogP contribution is -2.39. The van der Waals surface area contributed by atoms with Gasteiger partial charge in [0.2, 0.25) is 11.8 Å². The molecule has 0 fully saturated rings. The fourth-order valence-electron chi connectivity index (χ4n) is 2.43. The van der Waals surface area contributed by atoms with Gasteiger partial charge < -0.3 is 16.4 Å². The number of hydrogen-bond acceptors (Lipinski definition) is 3. The Morgan fingerprint density at radius 3 is 2.31 bits per heavy atom. The third-order valence-corrected chi connectivity index (χ3v) is 4.05. The standard InChI is InChI=1S/C19H21F2N3O2/c1-11(16-8-5-14(20)9-17(16)21)10-23-12(2)19(26)24-15-6-3-13(4-7-15)18(22)25/h3-9,11-12,23H,10H2,1-2H3,(H2,22,25)(H,24,26). The summed E-state index contributed by atoms with van der Waals surface area (Å²) in [5, 5.41) is 5.74. The Morgan fingerprint density at radius 1 is 1.08 bits per heavy atom. The lowest BCUT2D eigenvalue weighted by molar-refractivity contribution is -0.117. The van der Waals surface area contributed by atoms with E-state index in [9.17, 15) is 18.4 Å². The molecule has 4 N–H and O–H groups in total. The summed E-state index contributed by atoms with van der Waals surface area (Å²) in [6.07, 6.45) is 0. The van der Waals surface area contributed by atoms with E-state index >= 15 is 0 Å². The van der Waals surface area contributed by atoms with Crippen LogP contribution in [0.25, 0.3) is 0 Å². The molecule has 138 valence electrons. The van der Waals surface area contributed by atoms with Crippen LogP contribution in [0.4, 0.5) is 14.5 Å². The summed E-state index contributed by atoms with van der Waals surface area (Å²) in [5.74, 6) is -2.28. The molecule has 0 saturated carbocycles. The maximum absolute atomic E-state index is 13.8. The van der Waals surface area contributed by atoms with Gasteiger partial charge in [-0.25, -0.2) is 8.78 Å².